The molecule has 92 valence electrons. The first kappa shape index (κ1) is 12.0. The van der Waals surface area contributed by atoms with Gasteiger partial charge >= 0.3 is 0 Å². The van der Waals surface area contributed by atoms with Gasteiger partial charge in [0.2, 0.25) is 11.8 Å². The van der Waals surface area contributed by atoms with Crippen molar-refractivity contribution >= 4 is 23.2 Å². The fourth-order valence-corrected chi connectivity index (χ4v) is 2.49. The number of rotatable bonds is 3. The smallest absolute Gasteiger partial charge is 0.242 e. The van der Waals surface area contributed by atoms with Gasteiger partial charge in [0.25, 0.3) is 0 Å². The van der Waals surface area contributed by atoms with Gasteiger partial charge in [-0.1, -0.05) is 0 Å². The Labute approximate surface area is 104 Å². The van der Waals surface area contributed by atoms with Crippen LogP contribution in [-0.4, -0.2) is 40.8 Å². The molecule has 1 unspecified atom stereocenters. The number of nitrogens with one attached hydrogen (secondary N) is 1. The van der Waals surface area contributed by atoms with Gasteiger partial charge in [-0.2, -0.15) is 0 Å². The maximum atomic E-state index is 11.7. The van der Waals surface area contributed by atoms with Crippen LogP contribution in [0, 0.1) is 6.92 Å². The van der Waals surface area contributed by atoms with Crippen LogP contribution in [0.3, 0.4) is 0 Å². The van der Waals surface area contributed by atoms with Gasteiger partial charge < -0.3 is 10.2 Å². The molecule has 2 amide bonds. The molecule has 1 aliphatic heterocycles. The molecule has 1 saturated heterocycles. The van der Waals surface area contributed by atoms with Crippen LogP contribution in [0.15, 0.2) is 5.38 Å². The monoisotopic (exact) mass is 253 g/mol. The average Bonchev–Trinajstić information content (AvgIpc) is 2.70. The molecule has 0 radical (unpaired) electrons. The number of hydrogen-bond donors (Lipinski definition) is 1. The number of aromatic nitrogens is 1. The number of aryl methyl sites for hydroxylation is 1. The molecule has 0 aromatic carbocycles. The summed E-state index contributed by atoms with van der Waals surface area (Å²) in [5.41, 5.74) is 0.985. The van der Waals surface area contributed by atoms with Crippen molar-refractivity contribution in [3.05, 3.63) is 16.1 Å². The lowest BCUT2D eigenvalue weighted by Crippen LogP contribution is -2.57. The number of amides is 2. The van der Waals surface area contributed by atoms with Gasteiger partial charge in [0.15, 0.2) is 0 Å². The van der Waals surface area contributed by atoms with Crippen LogP contribution in [0.4, 0.5) is 0 Å². The minimum absolute atomic E-state index is 0.0240. The van der Waals surface area contributed by atoms with Crippen molar-refractivity contribution in [2.24, 2.45) is 0 Å². The van der Waals surface area contributed by atoms with Crippen molar-refractivity contribution in [2.75, 3.05) is 13.1 Å². The number of thiazole rings is 1. The molecule has 6 heteroatoms. The summed E-state index contributed by atoms with van der Waals surface area (Å²) in [6.07, 6.45) is 0.702. The van der Waals surface area contributed by atoms with Crippen LogP contribution in [0.1, 0.15) is 17.6 Å². The van der Waals surface area contributed by atoms with Crippen LogP contribution in [0.5, 0.6) is 0 Å². The maximum absolute atomic E-state index is 11.7. The van der Waals surface area contributed by atoms with E-state index in [1.165, 1.54) is 0 Å². The second-order valence-electron chi connectivity index (χ2n) is 4.09. The average molecular weight is 253 g/mol. The zero-order chi connectivity index (χ0) is 12.4. The van der Waals surface area contributed by atoms with E-state index in [1.807, 2.05) is 12.3 Å². The molecule has 0 saturated carbocycles. The molecule has 5 nitrogen and oxygen atoms in total. The summed E-state index contributed by atoms with van der Waals surface area (Å²) in [6.45, 7) is 4.37. The van der Waals surface area contributed by atoms with Crippen LogP contribution >= 0.6 is 11.3 Å². The summed E-state index contributed by atoms with van der Waals surface area (Å²) in [6, 6.07) is -0.379. The summed E-state index contributed by atoms with van der Waals surface area (Å²) in [7, 11) is 0. The van der Waals surface area contributed by atoms with Crippen molar-refractivity contribution in [1.82, 2.24) is 15.2 Å². The van der Waals surface area contributed by atoms with E-state index in [9.17, 15) is 9.59 Å². The zero-order valence-corrected chi connectivity index (χ0v) is 10.7. The van der Waals surface area contributed by atoms with Crippen LogP contribution < -0.4 is 5.32 Å². The Kier molecular flexibility index (Phi) is 3.42. The Morgan fingerprint density at radius 2 is 2.35 bits per heavy atom. The predicted molar refractivity (Wildman–Crippen MR) is 64.7 cm³/mol. The third-order valence-electron chi connectivity index (χ3n) is 2.86. The van der Waals surface area contributed by atoms with Gasteiger partial charge in [0.05, 0.1) is 17.2 Å². The molecule has 0 bridgehead atoms. The third-order valence-corrected chi connectivity index (χ3v) is 3.68. The molecule has 17 heavy (non-hydrogen) atoms. The van der Waals surface area contributed by atoms with E-state index in [0.29, 0.717) is 13.0 Å². The van der Waals surface area contributed by atoms with E-state index in [1.54, 1.807) is 23.2 Å². The first-order valence-electron chi connectivity index (χ1n) is 5.56. The van der Waals surface area contributed by atoms with Gasteiger partial charge in [0, 0.05) is 18.3 Å². The lowest BCUT2D eigenvalue weighted by atomic mass is 10.2. The number of carbonyl (C=O) groups excluding carboxylic acids is 2. The highest BCUT2D eigenvalue weighted by Gasteiger charge is 2.30. The molecule has 2 heterocycles. The number of hydrogen-bond acceptors (Lipinski definition) is 4. The van der Waals surface area contributed by atoms with Crippen LogP contribution in [-0.2, 0) is 16.0 Å². The van der Waals surface area contributed by atoms with Gasteiger partial charge in [0.1, 0.15) is 6.04 Å². The molecule has 1 aromatic rings. The van der Waals surface area contributed by atoms with E-state index in [0.717, 1.165) is 10.7 Å². The van der Waals surface area contributed by atoms with Crippen molar-refractivity contribution < 1.29 is 9.59 Å². The SMILES string of the molecule is Cc1nc(CCN2C(=O)CNC(=O)C2C)cs1. The van der Waals surface area contributed by atoms with Gasteiger partial charge in [-0.25, -0.2) is 4.98 Å². The highest BCUT2D eigenvalue weighted by molar-refractivity contribution is 7.09. The minimum atomic E-state index is -0.379. The molecular formula is C11H15N3O2S. The topological polar surface area (TPSA) is 62.3 Å². The minimum Gasteiger partial charge on any atom is -0.345 e. The van der Waals surface area contributed by atoms with Crippen molar-refractivity contribution in [1.29, 1.82) is 0 Å². The highest BCUT2D eigenvalue weighted by atomic mass is 32.1. The number of piperazine rings is 1. The lowest BCUT2D eigenvalue weighted by Gasteiger charge is -2.32. The second kappa shape index (κ2) is 4.83. The summed E-state index contributed by atoms with van der Waals surface area (Å²) in [5.74, 6) is -0.108. The summed E-state index contributed by atoms with van der Waals surface area (Å²) in [4.78, 5) is 29.1. The fraction of sp³-hybridized carbons (Fsp3) is 0.545. The molecule has 1 aromatic heterocycles. The third kappa shape index (κ3) is 2.63. The van der Waals surface area contributed by atoms with Gasteiger partial charge in [-0.3, -0.25) is 9.59 Å². The molecule has 1 N–H and O–H groups in total. The summed E-state index contributed by atoms with van der Waals surface area (Å²) < 4.78 is 0. The lowest BCUT2D eigenvalue weighted by molar-refractivity contribution is -0.144. The Morgan fingerprint density at radius 3 is 3.00 bits per heavy atom. The van der Waals surface area contributed by atoms with E-state index < -0.39 is 0 Å². The summed E-state index contributed by atoms with van der Waals surface area (Å²) >= 11 is 1.60. The first-order chi connectivity index (χ1) is 8.08. The second-order valence-corrected chi connectivity index (χ2v) is 5.15. The van der Waals surface area contributed by atoms with Crippen molar-refractivity contribution in [2.45, 2.75) is 26.3 Å². The Bertz CT molecular complexity index is 444. The standard InChI is InChI=1S/C11H15N3O2S/c1-7-11(16)12-5-10(15)14(7)4-3-9-6-17-8(2)13-9/h6-7H,3-5H2,1-2H3,(H,12,16). The van der Waals surface area contributed by atoms with E-state index in [2.05, 4.69) is 10.3 Å². The maximum Gasteiger partial charge on any atom is 0.242 e. The Morgan fingerprint density at radius 1 is 1.59 bits per heavy atom. The van der Waals surface area contributed by atoms with E-state index in [4.69, 9.17) is 0 Å². The number of carbonyl (C=O) groups is 2. The predicted octanol–water partition coefficient (Wildman–Crippen LogP) is 0.341. The molecule has 1 fully saturated rings. The quantitative estimate of drug-likeness (QED) is 0.845. The van der Waals surface area contributed by atoms with Crippen LogP contribution in [0.25, 0.3) is 0 Å². The molecule has 0 spiro atoms. The largest absolute Gasteiger partial charge is 0.345 e. The molecule has 2 rings (SSSR count). The fourth-order valence-electron chi connectivity index (χ4n) is 1.85. The molecule has 1 atom stereocenters. The summed E-state index contributed by atoms with van der Waals surface area (Å²) in [5, 5.41) is 5.59. The zero-order valence-electron chi connectivity index (χ0n) is 9.90. The highest BCUT2D eigenvalue weighted by Crippen LogP contribution is 2.11. The van der Waals surface area contributed by atoms with E-state index >= 15 is 0 Å². The van der Waals surface area contributed by atoms with E-state index in [-0.39, 0.29) is 24.4 Å². The van der Waals surface area contributed by atoms with Crippen molar-refractivity contribution in [3.63, 3.8) is 0 Å². The molecule has 1 aliphatic rings. The molecular weight excluding hydrogens is 238 g/mol. The molecule has 0 aliphatic carbocycles. The first-order valence-corrected chi connectivity index (χ1v) is 6.44. The Balaban J connectivity index is 1.97. The van der Waals surface area contributed by atoms with Gasteiger partial charge in [-0.15, -0.1) is 11.3 Å². The van der Waals surface area contributed by atoms with Crippen molar-refractivity contribution in [3.8, 4) is 0 Å². The number of nitrogens with zero attached hydrogens (tertiary/aromatic N) is 2. The normalized spacial score (nSPS) is 20.6. The van der Waals surface area contributed by atoms with Gasteiger partial charge in [-0.05, 0) is 13.8 Å². The Hall–Kier alpha value is -1.43. The van der Waals surface area contributed by atoms with Crippen LogP contribution in [0.2, 0.25) is 0 Å².